The Labute approximate surface area is 347 Å². The van der Waals surface area contributed by atoms with Gasteiger partial charge in [0.1, 0.15) is 0 Å². The summed E-state index contributed by atoms with van der Waals surface area (Å²) in [6.07, 6.45) is 0. The highest BCUT2D eigenvalue weighted by Crippen LogP contribution is 2.40. The second kappa shape index (κ2) is 14.8. The number of aromatic nitrogens is 2. The zero-order valence-electron chi connectivity index (χ0n) is 32.1. The molecule has 0 amide bonds. The van der Waals surface area contributed by atoms with Gasteiger partial charge in [-0.25, -0.2) is 9.97 Å². The molecule has 3 heteroatoms. The van der Waals surface area contributed by atoms with Crippen LogP contribution >= 0.6 is 11.3 Å². The van der Waals surface area contributed by atoms with Crippen molar-refractivity contribution >= 4 is 42.3 Å². The van der Waals surface area contributed by atoms with E-state index in [-0.39, 0.29) is 0 Å². The number of nitrogens with zero attached hydrogens (tertiary/aromatic N) is 2. The molecule has 0 aliphatic rings. The van der Waals surface area contributed by atoms with Crippen molar-refractivity contribution in [1.82, 2.24) is 9.97 Å². The van der Waals surface area contributed by atoms with Gasteiger partial charge < -0.3 is 0 Å². The lowest BCUT2D eigenvalue weighted by atomic mass is 9.91. The Hall–Kier alpha value is -7.46. The van der Waals surface area contributed by atoms with Gasteiger partial charge >= 0.3 is 0 Å². The highest BCUT2D eigenvalue weighted by molar-refractivity contribution is 7.25. The minimum atomic E-state index is 0.692. The van der Waals surface area contributed by atoms with Crippen molar-refractivity contribution in [3.63, 3.8) is 0 Å². The smallest absolute Gasteiger partial charge is 0.160 e. The Morgan fingerprint density at radius 2 is 0.780 bits per heavy atom. The van der Waals surface area contributed by atoms with Crippen molar-refractivity contribution in [1.29, 1.82) is 0 Å². The van der Waals surface area contributed by atoms with Gasteiger partial charge in [0, 0.05) is 36.9 Å². The predicted molar refractivity (Wildman–Crippen MR) is 250 cm³/mol. The van der Waals surface area contributed by atoms with Crippen LogP contribution in [0.3, 0.4) is 0 Å². The molecule has 0 bridgehead atoms. The highest BCUT2D eigenvalue weighted by Gasteiger charge is 2.16. The summed E-state index contributed by atoms with van der Waals surface area (Å²) >= 11 is 1.85. The molecule has 0 spiro atoms. The first-order valence-electron chi connectivity index (χ1n) is 20.0. The molecule has 276 valence electrons. The van der Waals surface area contributed by atoms with Gasteiger partial charge in [-0.1, -0.05) is 164 Å². The number of thiophene rings is 1. The Morgan fingerprint density at radius 3 is 1.58 bits per heavy atom. The lowest BCUT2D eigenvalue weighted by Gasteiger charge is -2.15. The number of fused-ring (bicyclic) bond motifs is 4. The van der Waals surface area contributed by atoms with Crippen molar-refractivity contribution in [2.45, 2.75) is 0 Å². The van der Waals surface area contributed by atoms with Crippen molar-refractivity contribution in [2.75, 3.05) is 0 Å². The molecule has 0 aliphatic heterocycles. The molecular weight excluding hydrogens is 733 g/mol. The van der Waals surface area contributed by atoms with Crippen LogP contribution in [-0.2, 0) is 0 Å². The van der Waals surface area contributed by atoms with Crippen LogP contribution in [0.2, 0.25) is 0 Å². The molecule has 59 heavy (non-hydrogen) atoms. The second-order valence-corrected chi connectivity index (χ2v) is 16.1. The summed E-state index contributed by atoms with van der Waals surface area (Å²) in [5.74, 6) is 0.692. The van der Waals surface area contributed by atoms with Crippen molar-refractivity contribution in [2.24, 2.45) is 0 Å². The standard InChI is InChI=1S/C56H36N2S/c1-3-14-37(15-4-1)40-20-11-21-41(30-40)42-22-12-23-44(31-42)52-36-53(58-56(57-52)39-17-5-2-6-18-39)47-33-45(32-46(34-47)49-26-13-19-38-16-7-8-24-48(38)49)43-28-29-55-51(35-43)50-25-9-10-27-54(50)59-55/h1-36H. The maximum Gasteiger partial charge on any atom is 0.160 e. The summed E-state index contributed by atoms with van der Waals surface area (Å²) in [7, 11) is 0. The van der Waals surface area contributed by atoms with Crippen molar-refractivity contribution < 1.29 is 0 Å². The third-order valence-electron chi connectivity index (χ3n) is 11.3. The van der Waals surface area contributed by atoms with Crippen molar-refractivity contribution in [3.05, 3.63) is 218 Å². The first-order valence-corrected chi connectivity index (χ1v) is 20.8. The Kier molecular flexibility index (Phi) is 8.72. The fraction of sp³-hybridized carbons (Fsp3) is 0. The number of hydrogen-bond donors (Lipinski definition) is 0. The van der Waals surface area contributed by atoms with E-state index in [2.05, 4.69) is 212 Å². The van der Waals surface area contributed by atoms with Gasteiger partial charge in [-0.2, -0.15) is 0 Å². The van der Waals surface area contributed by atoms with Gasteiger partial charge in [-0.05, 0) is 110 Å². The molecule has 0 radical (unpaired) electrons. The lowest BCUT2D eigenvalue weighted by Crippen LogP contribution is -1.97. The van der Waals surface area contributed by atoms with E-state index in [9.17, 15) is 0 Å². The molecule has 0 fully saturated rings. The molecule has 2 nitrogen and oxygen atoms in total. The molecule has 9 aromatic carbocycles. The van der Waals surface area contributed by atoms with Gasteiger partial charge in [0.25, 0.3) is 0 Å². The number of benzene rings is 9. The average molecular weight is 769 g/mol. The summed E-state index contributed by atoms with van der Waals surface area (Å²) in [5.41, 5.74) is 14.1. The first kappa shape index (κ1) is 34.8. The van der Waals surface area contributed by atoms with Gasteiger partial charge in [-0.15, -0.1) is 11.3 Å². The summed E-state index contributed by atoms with van der Waals surface area (Å²) < 4.78 is 2.60. The summed E-state index contributed by atoms with van der Waals surface area (Å²) in [6.45, 7) is 0. The van der Waals surface area contributed by atoms with Crippen LogP contribution in [-0.4, -0.2) is 9.97 Å². The molecule has 0 unspecified atom stereocenters. The fourth-order valence-electron chi connectivity index (χ4n) is 8.31. The summed E-state index contributed by atoms with van der Waals surface area (Å²) in [4.78, 5) is 10.6. The van der Waals surface area contributed by atoms with Crippen LogP contribution in [0, 0.1) is 0 Å². The van der Waals surface area contributed by atoms with Crippen LogP contribution < -0.4 is 0 Å². The first-order chi connectivity index (χ1) is 29.2. The van der Waals surface area contributed by atoms with E-state index in [1.54, 1.807) is 0 Å². The van der Waals surface area contributed by atoms with Gasteiger partial charge in [0.05, 0.1) is 11.4 Å². The molecule has 11 aromatic rings. The Morgan fingerprint density at radius 1 is 0.271 bits per heavy atom. The van der Waals surface area contributed by atoms with Crippen LogP contribution in [0.5, 0.6) is 0 Å². The third-order valence-corrected chi connectivity index (χ3v) is 12.4. The largest absolute Gasteiger partial charge is 0.228 e. The minimum absolute atomic E-state index is 0.692. The van der Waals surface area contributed by atoms with Gasteiger partial charge in [-0.3, -0.25) is 0 Å². The number of hydrogen-bond acceptors (Lipinski definition) is 3. The quantitative estimate of drug-likeness (QED) is 0.161. The molecule has 11 rings (SSSR count). The monoisotopic (exact) mass is 768 g/mol. The predicted octanol–water partition coefficient (Wildman–Crippen LogP) is 15.7. The van der Waals surface area contributed by atoms with Crippen LogP contribution in [0.25, 0.3) is 109 Å². The second-order valence-electron chi connectivity index (χ2n) is 15.0. The average Bonchev–Trinajstić information content (AvgIpc) is 3.70. The zero-order chi connectivity index (χ0) is 39.1. The normalized spacial score (nSPS) is 11.4. The fourth-order valence-corrected chi connectivity index (χ4v) is 9.39. The van der Waals surface area contributed by atoms with E-state index in [1.807, 2.05) is 17.4 Å². The molecular formula is C56H36N2S. The van der Waals surface area contributed by atoms with E-state index in [4.69, 9.17) is 9.97 Å². The lowest BCUT2D eigenvalue weighted by molar-refractivity contribution is 1.18. The molecule has 0 N–H and O–H groups in total. The van der Waals surface area contributed by atoms with E-state index >= 15 is 0 Å². The van der Waals surface area contributed by atoms with Crippen LogP contribution in [0.4, 0.5) is 0 Å². The van der Waals surface area contributed by atoms with Crippen LogP contribution in [0.1, 0.15) is 0 Å². The maximum atomic E-state index is 5.33. The van der Waals surface area contributed by atoms with Gasteiger partial charge in [0.15, 0.2) is 5.82 Å². The number of rotatable bonds is 7. The summed E-state index contributed by atoms with van der Waals surface area (Å²) in [5, 5.41) is 5.01. The SMILES string of the molecule is c1ccc(-c2cccc(-c3cccc(-c4cc(-c5cc(-c6ccc7sc8ccccc8c7c6)cc(-c6cccc7ccccc67)c5)nc(-c5ccccc5)n4)c3)c2)cc1. The minimum Gasteiger partial charge on any atom is -0.228 e. The highest BCUT2D eigenvalue weighted by atomic mass is 32.1. The topological polar surface area (TPSA) is 25.8 Å². The van der Waals surface area contributed by atoms with E-state index in [0.29, 0.717) is 5.82 Å². The third kappa shape index (κ3) is 6.68. The van der Waals surface area contributed by atoms with E-state index < -0.39 is 0 Å². The molecule has 2 heterocycles. The molecule has 0 aliphatic carbocycles. The van der Waals surface area contributed by atoms with E-state index in [0.717, 1.165) is 50.3 Å². The molecule has 0 atom stereocenters. The van der Waals surface area contributed by atoms with Gasteiger partial charge in [0.2, 0.25) is 0 Å². The molecule has 2 aromatic heterocycles. The maximum absolute atomic E-state index is 5.33. The molecule has 0 saturated heterocycles. The summed E-state index contributed by atoms with van der Waals surface area (Å²) in [6, 6.07) is 78.3. The Bertz CT molecular complexity index is 3320. The van der Waals surface area contributed by atoms with E-state index in [1.165, 1.54) is 53.2 Å². The zero-order valence-corrected chi connectivity index (χ0v) is 32.9. The molecule has 0 saturated carbocycles. The Balaban J connectivity index is 1.10. The van der Waals surface area contributed by atoms with Crippen LogP contribution in [0.15, 0.2) is 218 Å². The van der Waals surface area contributed by atoms with Crippen molar-refractivity contribution in [3.8, 4) is 78.4 Å².